The lowest BCUT2D eigenvalue weighted by Gasteiger charge is -2.14. The number of hydrogen-bond donors (Lipinski definition) is 1. The molecule has 0 saturated carbocycles. The highest BCUT2D eigenvalue weighted by molar-refractivity contribution is 5.99. The molecule has 0 aliphatic heterocycles. The van der Waals surface area contributed by atoms with E-state index in [0.29, 0.717) is 17.9 Å². The third-order valence-electron chi connectivity index (χ3n) is 4.38. The van der Waals surface area contributed by atoms with Crippen LogP contribution >= 0.6 is 0 Å². The number of nitrogens with zero attached hydrogens (tertiary/aromatic N) is 1. The SMILES string of the molecule is CCOc1ccc(C(=O)CCC(=O)OC(C)C(=O)Nc2ccc(OC)cc2[N+](=O)[O-])cc1. The Hall–Kier alpha value is -3.95. The van der Waals surface area contributed by atoms with Crippen LogP contribution in [0.4, 0.5) is 11.4 Å². The lowest BCUT2D eigenvalue weighted by Crippen LogP contribution is -2.30. The first-order valence-electron chi connectivity index (χ1n) is 9.84. The first-order valence-corrected chi connectivity index (χ1v) is 9.84. The van der Waals surface area contributed by atoms with Gasteiger partial charge in [-0.15, -0.1) is 0 Å². The second kappa shape index (κ2) is 11.4. The number of nitro benzene ring substituents is 1. The minimum Gasteiger partial charge on any atom is -0.496 e. The maximum absolute atomic E-state index is 12.3. The lowest BCUT2D eigenvalue weighted by molar-refractivity contribution is -0.384. The Morgan fingerprint density at radius 1 is 1.06 bits per heavy atom. The molecule has 32 heavy (non-hydrogen) atoms. The number of methoxy groups -OCH3 is 1. The Morgan fingerprint density at radius 2 is 1.72 bits per heavy atom. The van der Waals surface area contributed by atoms with Crippen LogP contribution in [0.2, 0.25) is 0 Å². The highest BCUT2D eigenvalue weighted by Gasteiger charge is 2.23. The molecule has 0 aromatic heterocycles. The van der Waals surface area contributed by atoms with E-state index >= 15 is 0 Å². The molecule has 0 bridgehead atoms. The van der Waals surface area contributed by atoms with E-state index in [1.165, 1.54) is 32.2 Å². The zero-order valence-electron chi connectivity index (χ0n) is 18.0. The van der Waals surface area contributed by atoms with Gasteiger partial charge in [-0.1, -0.05) is 0 Å². The van der Waals surface area contributed by atoms with Crippen molar-refractivity contribution < 1.29 is 33.5 Å². The summed E-state index contributed by atoms with van der Waals surface area (Å²) in [6.07, 6.45) is -1.53. The van der Waals surface area contributed by atoms with Gasteiger partial charge in [0.25, 0.3) is 11.6 Å². The van der Waals surface area contributed by atoms with Gasteiger partial charge in [-0.2, -0.15) is 0 Å². The number of anilines is 1. The number of nitrogens with one attached hydrogen (secondary N) is 1. The molecule has 1 atom stereocenters. The van der Waals surface area contributed by atoms with E-state index in [-0.39, 0.29) is 35.7 Å². The van der Waals surface area contributed by atoms with Crippen LogP contribution in [0, 0.1) is 10.1 Å². The van der Waals surface area contributed by atoms with Gasteiger partial charge in [0.05, 0.1) is 31.1 Å². The van der Waals surface area contributed by atoms with Gasteiger partial charge in [0.15, 0.2) is 11.9 Å². The summed E-state index contributed by atoms with van der Waals surface area (Å²) in [5, 5.41) is 13.6. The van der Waals surface area contributed by atoms with Crippen LogP contribution in [-0.2, 0) is 14.3 Å². The van der Waals surface area contributed by atoms with Gasteiger partial charge in [0, 0.05) is 12.0 Å². The zero-order valence-corrected chi connectivity index (χ0v) is 18.0. The van der Waals surface area contributed by atoms with Crippen molar-refractivity contribution in [1.29, 1.82) is 0 Å². The predicted octanol–water partition coefficient (Wildman–Crippen LogP) is 3.54. The molecule has 1 amide bonds. The third kappa shape index (κ3) is 6.79. The molecule has 2 aromatic rings. The maximum atomic E-state index is 12.3. The lowest BCUT2D eigenvalue weighted by atomic mass is 10.1. The summed E-state index contributed by atoms with van der Waals surface area (Å²) in [4.78, 5) is 47.1. The van der Waals surface area contributed by atoms with E-state index in [4.69, 9.17) is 14.2 Å². The van der Waals surface area contributed by atoms with Crippen LogP contribution in [0.5, 0.6) is 11.5 Å². The number of ketones is 1. The topological polar surface area (TPSA) is 134 Å². The van der Waals surface area contributed by atoms with Crippen molar-refractivity contribution in [3.8, 4) is 11.5 Å². The fourth-order valence-corrected chi connectivity index (χ4v) is 2.70. The number of Topliss-reactive ketones (excluding diaryl/α,β-unsaturated/α-hetero) is 1. The minimum absolute atomic E-state index is 0.0608. The molecule has 170 valence electrons. The molecule has 10 nitrogen and oxygen atoms in total. The van der Waals surface area contributed by atoms with Crippen LogP contribution in [0.25, 0.3) is 0 Å². The van der Waals surface area contributed by atoms with Gasteiger partial charge in [-0.05, 0) is 50.2 Å². The van der Waals surface area contributed by atoms with Gasteiger partial charge in [-0.25, -0.2) is 0 Å². The number of benzene rings is 2. The minimum atomic E-state index is -1.22. The monoisotopic (exact) mass is 444 g/mol. The van der Waals surface area contributed by atoms with Gasteiger partial charge >= 0.3 is 5.97 Å². The molecule has 2 aromatic carbocycles. The maximum Gasteiger partial charge on any atom is 0.307 e. The molecule has 1 N–H and O–H groups in total. The summed E-state index contributed by atoms with van der Waals surface area (Å²) in [5.41, 5.74) is 0.00501. The Morgan fingerprint density at radius 3 is 2.31 bits per heavy atom. The van der Waals surface area contributed by atoms with E-state index < -0.39 is 22.9 Å². The summed E-state index contributed by atoms with van der Waals surface area (Å²) in [6, 6.07) is 10.5. The van der Waals surface area contributed by atoms with Crippen molar-refractivity contribution in [2.45, 2.75) is 32.8 Å². The van der Waals surface area contributed by atoms with E-state index in [1.807, 2.05) is 6.92 Å². The summed E-state index contributed by atoms with van der Waals surface area (Å²) >= 11 is 0. The Kier molecular flexibility index (Phi) is 8.70. The molecule has 0 aliphatic carbocycles. The van der Waals surface area contributed by atoms with Crippen molar-refractivity contribution in [2.75, 3.05) is 19.0 Å². The number of ether oxygens (including phenoxy) is 3. The number of nitro groups is 1. The Balaban J connectivity index is 1.88. The van der Waals surface area contributed by atoms with Gasteiger partial charge in [-0.3, -0.25) is 24.5 Å². The summed E-state index contributed by atoms with van der Waals surface area (Å²) in [5.74, 6) is -0.844. The standard InChI is InChI=1S/C22H24N2O8/c1-4-31-16-7-5-15(6-8-16)20(25)11-12-21(26)32-14(2)22(27)23-18-10-9-17(30-3)13-19(18)24(28)29/h5-10,13-14H,4,11-12H2,1-3H3,(H,23,27). The summed E-state index contributed by atoms with van der Waals surface area (Å²) < 4.78 is 15.3. The summed E-state index contributed by atoms with van der Waals surface area (Å²) in [6.45, 7) is 3.69. The fraction of sp³-hybridized carbons (Fsp3) is 0.318. The van der Waals surface area contributed by atoms with Gasteiger partial charge in [0.1, 0.15) is 17.2 Å². The first kappa shape index (κ1) is 24.3. The number of amides is 1. The number of hydrogen-bond acceptors (Lipinski definition) is 8. The largest absolute Gasteiger partial charge is 0.496 e. The van der Waals surface area contributed by atoms with Crippen LogP contribution < -0.4 is 14.8 Å². The molecule has 10 heteroatoms. The quantitative estimate of drug-likeness (QED) is 0.241. The van der Waals surface area contributed by atoms with Crippen molar-refractivity contribution in [3.05, 3.63) is 58.1 Å². The van der Waals surface area contributed by atoms with E-state index in [9.17, 15) is 24.5 Å². The second-order valence-electron chi connectivity index (χ2n) is 6.64. The molecule has 0 spiro atoms. The average Bonchev–Trinajstić information content (AvgIpc) is 2.78. The van der Waals surface area contributed by atoms with Crippen molar-refractivity contribution in [1.82, 2.24) is 0 Å². The second-order valence-corrected chi connectivity index (χ2v) is 6.64. The van der Waals surface area contributed by atoms with Crippen molar-refractivity contribution >= 4 is 29.0 Å². The molecular weight excluding hydrogens is 420 g/mol. The fourth-order valence-electron chi connectivity index (χ4n) is 2.70. The predicted molar refractivity (Wildman–Crippen MR) is 115 cm³/mol. The highest BCUT2D eigenvalue weighted by Crippen LogP contribution is 2.29. The van der Waals surface area contributed by atoms with Crippen LogP contribution in [0.1, 0.15) is 37.0 Å². The third-order valence-corrected chi connectivity index (χ3v) is 4.38. The first-order chi connectivity index (χ1) is 15.2. The van der Waals surface area contributed by atoms with Crippen LogP contribution in [0.15, 0.2) is 42.5 Å². The molecule has 0 aliphatic rings. The number of esters is 1. The number of carbonyl (C=O) groups excluding carboxylic acids is 3. The van der Waals surface area contributed by atoms with Crippen LogP contribution in [0.3, 0.4) is 0 Å². The van der Waals surface area contributed by atoms with E-state index in [0.717, 1.165) is 0 Å². The molecule has 0 saturated heterocycles. The zero-order chi connectivity index (χ0) is 23.7. The van der Waals surface area contributed by atoms with E-state index in [2.05, 4.69) is 5.32 Å². The molecule has 0 radical (unpaired) electrons. The number of carbonyl (C=O) groups is 3. The smallest absolute Gasteiger partial charge is 0.307 e. The number of rotatable bonds is 11. The van der Waals surface area contributed by atoms with Crippen molar-refractivity contribution in [3.63, 3.8) is 0 Å². The van der Waals surface area contributed by atoms with Crippen molar-refractivity contribution in [2.24, 2.45) is 0 Å². The molecular formula is C22H24N2O8. The molecule has 1 unspecified atom stereocenters. The van der Waals surface area contributed by atoms with Gasteiger partial charge < -0.3 is 19.5 Å². The molecule has 0 heterocycles. The highest BCUT2D eigenvalue weighted by atomic mass is 16.6. The van der Waals surface area contributed by atoms with Crippen LogP contribution in [-0.4, -0.2) is 42.4 Å². The summed E-state index contributed by atoms with van der Waals surface area (Å²) in [7, 11) is 1.36. The Bertz CT molecular complexity index is 988. The molecule has 0 fully saturated rings. The Labute approximate surface area is 184 Å². The van der Waals surface area contributed by atoms with E-state index in [1.54, 1.807) is 24.3 Å². The molecule has 2 rings (SSSR count). The van der Waals surface area contributed by atoms with Gasteiger partial charge in [0.2, 0.25) is 0 Å². The normalized spacial score (nSPS) is 11.2. The average molecular weight is 444 g/mol.